The summed E-state index contributed by atoms with van der Waals surface area (Å²) in [6.45, 7) is 6.45. The summed E-state index contributed by atoms with van der Waals surface area (Å²) in [4.78, 5) is 37.7. The number of aliphatic hydroxyl groups excluding tert-OH is 1. The molecule has 0 radical (unpaired) electrons. The molecule has 38 heavy (non-hydrogen) atoms. The summed E-state index contributed by atoms with van der Waals surface area (Å²) < 4.78 is 0.934. The van der Waals surface area contributed by atoms with Crippen molar-refractivity contribution in [3.63, 3.8) is 0 Å². The van der Waals surface area contributed by atoms with Gasteiger partial charge in [-0.25, -0.2) is 4.98 Å². The number of nitrogens with zero attached hydrogens (tertiary/aromatic N) is 3. The summed E-state index contributed by atoms with van der Waals surface area (Å²) in [5.74, 6) is -1.62. The van der Waals surface area contributed by atoms with Crippen molar-refractivity contribution >= 4 is 44.1 Å². The highest BCUT2D eigenvalue weighted by Crippen LogP contribution is 2.44. The van der Waals surface area contributed by atoms with Crippen LogP contribution < -0.4 is 4.90 Å². The van der Waals surface area contributed by atoms with Crippen LogP contribution >= 0.6 is 11.3 Å². The largest absolute Gasteiger partial charge is 0.507 e. The zero-order valence-corrected chi connectivity index (χ0v) is 22.5. The number of pyridine rings is 1. The van der Waals surface area contributed by atoms with Crippen LogP contribution in [0.3, 0.4) is 0 Å². The van der Waals surface area contributed by atoms with Gasteiger partial charge < -0.3 is 5.11 Å². The Morgan fingerprint density at radius 2 is 1.79 bits per heavy atom. The minimum absolute atomic E-state index is 0.0369. The molecule has 6 rings (SSSR count). The molecule has 1 fully saturated rings. The summed E-state index contributed by atoms with van der Waals surface area (Å²) >= 11 is 1.37. The number of fused-ring (bicyclic) bond motifs is 2. The van der Waals surface area contributed by atoms with Crippen LogP contribution in [0.4, 0.5) is 5.13 Å². The Morgan fingerprint density at radius 1 is 1.00 bits per heavy atom. The standard InChI is InChI=1S/C31H29N3O3S/c1-31(2,3)21-13-14-22-24(17-21)38-30(33-22)34-26(23-10-6-7-15-32-23)25(28(36)29(34)37)27(35)20-12-11-18-8-4-5-9-19(18)16-20/h6-7,10-17,26,35H,4-5,8-9H2,1-3H3/b27-25+. The van der Waals surface area contributed by atoms with Crippen LogP contribution in [0.5, 0.6) is 0 Å². The number of hydrogen-bond donors (Lipinski definition) is 1. The summed E-state index contributed by atoms with van der Waals surface area (Å²) in [6.07, 6.45) is 5.84. The van der Waals surface area contributed by atoms with E-state index in [9.17, 15) is 14.7 Å². The first-order valence-electron chi connectivity index (χ1n) is 13.0. The third-order valence-electron chi connectivity index (χ3n) is 7.48. The zero-order valence-electron chi connectivity index (χ0n) is 21.7. The van der Waals surface area contributed by atoms with E-state index < -0.39 is 17.7 Å². The maximum Gasteiger partial charge on any atom is 0.301 e. The van der Waals surface area contributed by atoms with Gasteiger partial charge in [-0.3, -0.25) is 19.5 Å². The number of hydrogen-bond acceptors (Lipinski definition) is 6. The Kier molecular flexibility index (Phi) is 5.91. The van der Waals surface area contributed by atoms with Crippen molar-refractivity contribution in [3.8, 4) is 0 Å². The zero-order chi connectivity index (χ0) is 26.6. The molecule has 7 heteroatoms. The normalized spacial score (nSPS) is 19.2. The molecule has 1 unspecified atom stereocenters. The van der Waals surface area contributed by atoms with E-state index in [2.05, 4.69) is 31.8 Å². The molecule has 1 aliphatic heterocycles. The Balaban J connectivity index is 1.51. The number of ketones is 1. The molecule has 2 aromatic heterocycles. The van der Waals surface area contributed by atoms with Crippen molar-refractivity contribution in [2.75, 3.05) is 4.90 Å². The first-order chi connectivity index (χ1) is 18.2. The Labute approximate surface area is 225 Å². The van der Waals surface area contributed by atoms with E-state index in [0.717, 1.165) is 41.5 Å². The number of carbonyl (C=O) groups is 2. The summed E-state index contributed by atoms with van der Waals surface area (Å²) in [5, 5.41) is 11.9. The first-order valence-corrected chi connectivity index (χ1v) is 13.8. The lowest BCUT2D eigenvalue weighted by atomic mass is 9.87. The molecule has 1 N–H and O–H groups in total. The van der Waals surface area contributed by atoms with Crippen molar-refractivity contribution in [1.82, 2.24) is 9.97 Å². The fourth-order valence-electron chi connectivity index (χ4n) is 5.37. The summed E-state index contributed by atoms with van der Waals surface area (Å²) in [6, 6.07) is 16.4. The number of amides is 1. The Hall–Kier alpha value is -3.84. The van der Waals surface area contributed by atoms with Crippen LogP contribution in [0, 0.1) is 0 Å². The third kappa shape index (κ3) is 4.11. The number of rotatable bonds is 3. The van der Waals surface area contributed by atoms with Gasteiger partial charge in [-0.15, -0.1) is 0 Å². The minimum atomic E-state index is -0.880. The second-order valence-electron chi connectivity index (χ2n) is 11.0. The van der Waals surface area contributed by atoms with Gasteiger partial charge in [0.2, 0.25) is 0 Å². The lowest BCUT2D eigenvalue weighted by Crippen LogP contribution is -2.29. The van der Waals surface area contributed by atoms with Crippen LogP contribution in [0.15, 0.2) is 66.4 Å². The van der Waals surface area contributed by atoms with Crippen LogP contribution in [-0.2, 0) is 27.8 Å². The maximum atomic E-state index is 13.5. The van der Waals surface area contributed by atoms with Gasteiger partial charge in [0.05, 0.1) is 21.5 Å². The van der Waals surface area contributed by atoms with Gasteiger partial charge in [0, 0.05) is 11.8 Å². The van der Waals surface area contributed by atoms with Crippen molar-refractivity contribution in [2.45, 2.75) is 57.9 Å². The second kappa shape index (κ2) is 9.17. The molecule has 4 aromatic rings. The lowest BCUT2D eigenvalue weighted by molar-refractivity contribution is -0.132. The first kappa shape index (κ1) is 24.5. The van der Waals surface area contributed by atoms with E-state index in [0.29, 0.717) is 16.4 Å². The van der Waals surface area contributed by atoms with Gasteiger partial charge in [-0.05, 0) is 78.1 Å². The van der Waals surface area contributed by atoms with Gasteiger partial charge in [-0.2, -0.15) is 0 Å². The van der Waals surface area contributed by atoms with E-state index in [1.54, 1.807) is 18.3 Å². The number of Topliss-reactive ketones (excluding diaryl/α,β-unsaturated/α-hetero) is 1. The molecule has 1 aliphatic carbocycles. The van der Waals surface area contributed by atoms with Gasteiger partial charge in [0.1, 0.15) is 11.8 Å². The number of aromatic nitrogens is 2. The Bertz CT molecular complexity index is 1610. The molecule has 0 saturated carbocycles. The van der Waals surface area contributed by atoms with Crippen molar-refractivity contribution in [2.24, 2.45) is 0 Å². The Morgan fingerprint density at radius 3 is 2.53 bits per heavy atom. The number of carbonyl (C=O) groups excluding carboxylic acids is 2. The topological polar surface area (TPSA) is 83.4 Å². The number of thiazole rings is 1. The fraction of sp³-hybridized carbons (Fsp3) is 0.290. The predicted octanol–water partition coefficient (Wildman–Crippen LogP) is 6.49. The van der Waals surface area contributed by atoms with Gasteiger partial charge in [-0.1, -0.05) is 56.4 Å². The second-order valence-corrected chi connectivity index (χ2v) is 12.1. The predicted molar refractivity (Wildman–Crippen MR) is 150 cm³/mol. The summed E-state index contributed by atoms with van der Waals surface area (Å²) in [5.41, 5.74) is 5.43. The monoisotopic (exact) mass is 523 g/mol. The molecule has 6 nitrogen and oxygen atoms in total. The molecule has 2 aromatic carbocycles. The van der Waals surface area contributed by atoms with Crippen molar-refractivity contribution in [3.05, 3.63) is 94.3 Å². The third-order valence-corrected chi connectivity index (χ3v) is 8.50. The average Bonchev–Trinajstić information content (AvgIpc) is 3.45. The summed E-state index contributed by atoms with van der Waals surface area (Å²) in [7, 11) is 0. The van der Waals surface area contributed by atoms with E-state index in [-0.39, 0.29) is 16.7 Å². The number of anilines is 1. The van der Waals surface area contributed by atoms with Crippen LogP contribution in [-0.4, -0.2) is 26.8 Å². The van der Waals surface area contributed by atoms with Crippen LogP contribution in [0.25, 0.3) is 16.0 Å². The molecule has 1 atom stereocenters. The van der Waals surface area contributed by atoms with Gasteiger partial charge in [0.25, 0.3) is 5.78 Å². The highest BCUT2D eigenvalue weighted by molar-refractivity contribution is 7.22. The van der Waals surface area contributed by atoms with Crippen LogP contribution in [0.2, 0.25) is 0 Å². The fourth-order valence-corrected chi connectivity index (χ4v) is 6.40. The highest BCUT2D eigenvalue weighted by Gasteiger charge is 2.49. The minimum Gasteiger partial charge on any atom is -0.507 e. The quantitative estimate of drug-likeness (QED) is 0.188. The molecule has 0 spiro atoms. The molecule has 192 valence electrons. The van der Waals surface area contributed by atoms with Crippen molar-refractivity contribution in [1.29, 1.82) is 0 Å². The number of aryl methyl sites for hydroxylation is 2. The molecular weight excluding hydrogens is 494 g/mol. The maximum absolute atomic E-state index is 13.5. The molecule has 1 amide bonds. The molecular formula is C31H29N3O3S. The molecule has 3 heterocycles. The van der Waals surface area contributed by atoms with E-state index >= 15 is 0 Å². The SMILES string of the molecule is CC(C)(C)c1ccc2nc(N3C(=O)C(=O)/C(=C(/O)c4ccc5c(c4)CCCC5)C3c3ccccn3)sc2c1. The highest BCUT2D eigenvalue weighted by atomic mass is 32.1. The number of aliphatic hydroxyl groups is 1. The van der Waals surface area contributed by atoms with E-state index in [4.69, 9.17) is 4.98 Å². The molecule has 0 bridgehead atoms. The van der Waals surface area contributed by atoms with Gasteiger partial charge >= 0.3 is 5.91 Å². The van der Waals surface area contributed by atoms with Crippen molar-refractivity contribution < 1.29 is 14.7 Å². The lowest BCUT2D eigenvalue weighted by Gasteiger charge is -2.22. The average molecular weight is 524 g/mol. The van der Waals surface area contributed by atoms with E-state index in [1.165, 1.54) is 27.4 Å². The van der Waals surface area contributed by atoms with Gasteiger partial charge in [0.15, 0.2) is 5.13 Å². The molecule has 1 saturated heterocycles. The van der Waals surface area contributed by atoms with E-state index in [1.807, 2.05) is 36.4 Å². The number of benzene rings is 2. The van der Waals surface area contributed by atoms with Crippen LogP contribution in [0.1, 0.15) is 67.6 Å². The smallest absolute Gasteiger partial charge is 0.301 e. The molecule has 2 aliphatic rings.